The Hall–Kier alpha value is -2.50. The summed E-state index contributed by atoms with van der Waals surface area (Å²) in [5.41, 5.74) is 2.89. The largest absolute Gasteiger partial charge is 0.334 e. The highest BCUT2D eigenvalue weighted by Gasteiger charge is 2.43. The maximum atomic E-state index is 12.3. The van der Waals surface area contributed by atoms with Crippen LogP contribution in [0.2, 0.25) is 0 Å². The fourth-order valence-corrected chi connectivity index (χ4v) is 2.89. The van der Waals surface area contributed by atoms with Gasteiger partial charge in [0.1, 0.15) is 0 Å². The number of urea groups is 1. The first-order valence-corrected chi connectivity index (χ1v) is 7.27. The molecule has 3 rings (SSSR count). The third-order valence-corrected chi connectivity index (χ3v) is 4.22. The van der Waals surface area contributed by atoms with Crippen LogP contribution in [0.5, 0.6) is 0 Å². The number of carbonyl (C=O) groups is 4. The van der Waals surface area contributed by atoms with Gasteiger partial charge in [0, 0.05) is 12.6 Å². The second-order valence-corrected chi connectivity index (χ2v) is 5.65. The highest BCUT2D eigenvalue weighted by atomic mass is 16.2. The van der Waals surface area contributed by atoms with E-state index in [0.717, 1.165) is 36.1 Å². The average Bonchev–Trinajstić information content (AvgIpc) is 2.72. The van der Waals surface area contributed by atoms with Crippen LogP contribution in [0, 0.1) is 0 Å². The molecule has 4 amide bonds. The zero-order valence-electron chi connectivity index (χ0n) is 12.3. The van der Waals surface area contributed by atoms with Crippen molar-refractivity contribution in [3.05, 3.63) is 34.9 Å². The number of carbonyl (C=O) groups excluding carboxylic acids is 4. The third kappa shape index (κ3) is 2.30. The molecule has 1 heterocycles. The topological polar surface area (TPSA) is 74.8 Å². The van der Waals surface area contributed by atoms with E-state index in [1.165, 1.54) is 12.6 Å². The smallest absolute Gasteiger partial charge is 0.292 e. The van der Waals surface area contributed by atoms with Gasteiger partial charge in [-0.05, 0) is 42.9 Å². The molecule has 0 radical (unpaired) electrons. The van der Waals surface area contributed by atoms with Gasteiger partial charge in [0.25, 0.3) is 0 Å². The summed E-state index contributed by atoms with van der Waals surface area (Å²) in [5, 5.41) is 0. The van der Waals surface area contributed by atoms with Gasteiger partial charge in [0.15, 0.2) is 5.78 Å². The Kier molecular flexibility index (Phi) is 3.52. The molecule has 1 aliphatic carbocycles. The molecule has 0 N–H and O–H groups in total. The minimum absolute atomic E-state index is 0.335. The normalized spacial score (nSPS) is 18.0. The zero-order valence-corrected chi connectivity index (χ0v) is 12.3. The Bertz CT molecular complexity index is 695. The molecular formula is C16H16N2O4. The molecule has 0 spiro atoms. The van der Waals surface area contributed by atoms with Crippen molar-refractivity contribution in [2.24, 2.45) is 0 Å². The van der Waals surface area contributed by atoms with Crippen molar-refractivity contribution in [3.8, 4) is 0 Å². The fourth-order valence-electron chi connectivity index (χ4n) is 2.89. The molecule has 1 aromatic rings. The molecular weight excluding hydrogens is 284 g/mol. The van der Waals surface area contributed by atoms with Crippen molar-refractivity contribution in [1.29, 1.82) is 0 Å². The highest BCUT2D eigenvalue weighted by molar-refractivity contribution is 6.45. The zero-order chi connectivity index (χ0) is 15.9. The standard InChI is InChI=1S/C16H16N2O4/c1-17-14(20)15(21)18(16(17)22)9-13(19)12-7-6-10-4-2-3-5-11(10)8-12/h6-8H,2-5,9H2,1H3. The Morgan fingerprint density at radius 3 is 2.36 bits per heavy atom. The summed E-state index contributed by atoms with van der Waals surface area (Å²) >= 11 is 0. The van der Waals surface area contributed by atoms with Crippen molar-refractivity contribution >= 4 is 23.6 Å². The van der Waals surface area contributed by atoms with Crippen LogP contribution in [0.15, 0.2) is 18.2 Å². The van der Waals surface area contributed by atoms with Crippen LogP contribution in [0.3, 0.4) is 0 Å². The van der Waals surface area contributed by atoms with Crippen LogP contribution in [0.25, 0.3) is 0 Å². The van der Waals surface area contributed by atoms with Gasteiger partial charge in [-0.25, -0.2) is 9.69 Å². The first-order chi connectivity index (χ1) is 10.5. The Morgan fingerprint density at radius 2 is 1.73 bits per heavy atom. The monoisotopic (exact) mass is 300 g/mol. The Balaban J connectivity index is 1.79. The minimum Gasteiger partial charge on any atom is -0.292 e. The number of ketones is 1. The predicted octanol–water partition coefficient (Wildman–Crippen LogP) is 1.17. The number of hydrogen-bond donors (Lipinski definition) is 0. The predicted molar refractivity (Wildman–Crippen MR) is 77.3 cm³/mol. The summed E-state index contributed by atoms with van der Waals surface area (Å²) in [7, 11) is 1.23. The maximum absolute atomic E-state index is 12.3. The number of nitrogens with zero attached hydrogens (tertiary/aromatic N) is 2. The molecule has 1 aliphatic heterocycles. The lowest BCUT2D eigenvalue weighted by Gasteiger charge is -2.17. The lowest BCUT2D eigenvalue weighted by atomic mass is 9.90. The van der Waals surface area contributed by atoms with Gasteiger partial charge < -0.3 is 0 Å². The number of benzene rings is 1. The van der Waals surface area contributed by atoms with E-state index in [2.05, 4.69) is 0 Å². The lowest BCUT2D eigenvalue weighted by Crippen LogP contribution is -2.36. The Morgan fingerprint density at radius 1 is 1.05 bits per heavy atom. The van der Waals surface area contributed by atoms with E-state index in [-0.39, 0.29) is 5.78 Å². The number of imide groups is 2. The van der Waals surface area contributed by atoms with Crippen LogP contribution in [-0.4, -0.2) is 47.0 Å². The molecule has 0 bridgehead atoms. The molecule has 0 unspecified atom stereocenters. The second kappa shape index (κ2) is 5.36. The molecule has 1 saturated heterocycles. The molecule has 6 heteroatoms. The molecule has 114 valence electrons. The maximum Gasteiger partial charge on any atom is 0.334 e. The molecule has 22 heavy (non-hydrogen) atoms. The van der Waals surface area contributed by atoms with Gasteiger partial charge in [-0.2, -0.15) is 0 Å². The van der Waals surface area contributed by atoms with E-state index >= 15 is 0 Å². The van der Waals surface area contributed by atoms with Crippen LogP contribution in [-0.2, 0) is 22.4 Å². The average molecular weight is 300 g/mol. The van der Waals surface area contributed by atoms with E-state index < -0.39 is 24.4 Å². The molecule has 0 atom stereocenters. The summed E-state index contributed by atoms with van der Waals surface area (Å²) in [4.78, 5) is 48.6. The molecule has 1 aromatic carbocycles. The van der Waals surface area contributed by atoms with Crippen LogP contribution >= 0.6 is 0 Å². The molecule has 0 aromatic heterocycles. The molecule has 0 saturated carbocycles. The van der Waals surface area contributed by atoms with Gasteiger partial charge in [0.2, 0.25) is 0 Å². The lowest BCUT2D eigenvalue weighted by molar-refractivity contribution is -0.142. The van der Waals surface area contributed by atoms with Crippen molar-refractivity contribution < 1.29 is 19.2 Å². The van der Waals surface area contributed by atoms with E-state index in [9.17, 15) is 19.2 Å². The number of aryl methyl sites for hydroxylation is 2. The summed E-state index contributed by atoms with van der Waals surface area (Å²) < 4.78 is 0. The van der Waals surface area contributed by atoms with Gasteiger partial charge in [0.05, 0.1) is 6.54 Å². The van der Waals surface area contributed by atoms with Crippen LogP contribution < -0.4 is 0 Å². The SMILES string of the molecule is CN1C(=O)C(=O)N(CC(=O)c2ccc3c(c2)CCCC3)C1=O. The number of amides is 4. The van der Waals surface area contributed by atoms with Crippen LogP contribution in [0.1, 0.15) is 34.3 Å². The van der Waals surface area contributed by atoms with Crippen molar-refractivity contribution in [1.82, 2.24) is 9.80 Å². The Labute approximate surface area is 127 Å². The summed E-state index contributed by atoms with van der Waals surface area (Å²) in [6, 6.07) is 4.75. The highest BCUT2D eigenvalue weighted by Crippen LogP contribution is 2.22. The molecule has 1 fully saturated rings. The van der Waals surface area contributed by atoms with Crippen molar-refractivity contribution in [3.63, 3.8) is 0 Å². The second-order valence-electron chi connectivity index (χ2n) is 5.65. The summed E-state index contributed by atoms with van der Waals surface area (Å²) in [5.74, 6) is -2.18. The minimum atomic E-state index is -0.946. The third-order valence-electron chi connectivity index (χ3n) is 4.22. The van der Waals surface area contributed by atoms with Crippen molar-refractivity contribution in [2.45, 2.75) is 25.7 Å². The van der Waals surface area contributed by atoms with Crippen molar-refractivity contribution in [2.75, 3.05) is 13.6 Å². The van der Waals surface area contributed by atoms with E-state index in [4.69, 9.17) is 0 Å². The number of rotatable bonds is 3. The van der Waals surface area contributed by atoms with E-state index in [1.54, 1.807) is 6.07 Å². The fraction of sp³-hybridized carbons (Fsp3) is 0.375. The number of hydrogen-bond acceptors (Lipinski definition) is 4. The van der Waals surface area contributed by atoms with E-state index in [1.807, 2.05) is 12.1 Å². The molecule has 6 nitrogen and oxygen atoms in total. The first kappa shape index (κ1) is 14.4. The van der Waals surface area contributed by atoms with Crippen LogP contribution in [0.4, 0.5) is 4.79 Å². The van der Waals surface area contributed by atoms with Gasteiger partial charge in [-0.15, -0.1) is 0 Å². The van der Waals surface area contributed by atoms with Gasteiger partial charge in [-0.3, -0.25) is 19.3 Å². The van der Waals surface area contributed by atoms with Gasteiger partial charge >= 0.3 is 17.8 Å². The number of likely N-dealkylation sites (N-methyl/N-ethyl adjacent to an activating group) is 1. The summed E-state index contributed by atoms with van der Waals surface area (Å²) in [6.07, 6.45) is 4.23. The van der Waals surface area contributed by atoms with Gasteiger partial charge in [-0.1, -0.05) is 12.1 Å². The quantitative estimate of drug-likeness (QED) is 0.477. The summed E-state index contributed by atoms with van der Waals surface area (Å²) in [6.45, 7) is -0.396. The number of Topliss-reactive ketones (excluding diaryl/α,β-unsaturated/α-hetero) is 1. The first-order valence-electron chi connectivity index (χ1n) is 7.27. The molecule has 2 aliphatic rings. The van der Waals surface area contributed by atoms with E-state index in [0.29, 0.717) is 10.5 Å². The number of fused-ring (bicyclic) bond motifs is 1.